The number of rotatable bonds is 2. The molecule has 6 nitrogen and oxygen atoms in total. The van der Waals surface area contributed by atoms with Gasteiger partial charge < -0.3 is 9.64 Å². The number of carbonyl (C=O) groups excluding carboxylic acids is 1. The van der Waals surface area contributed by atoms with Crippen molar-refractivity contribution in [3.05, 3.63) is 35.0 Å². The third kappa shape index (κ3) is 2.52. The zero-order valence-corrected chi connectivity index (χ0v) is 11.4. The van der Waals surface area contributed by atoms with E-state index in [1.807, 2.05) is 12.1 Å². The van der Waals surface area contributed by atoms with Gasteiger partial charge in [0.1, 0.15) is 5.69 Å². The molecule has 1 fully saturated rings. The Kier molecular flexibility index (Phi) is 3.66. The summed E-state index contributed by atoms with van der Waals surface area (Å²) in [7, 11) is 0. The number of carbonyl (C=O) groups is 1. The highest BCUT2D eigenvalue weighted by molar-refractivity contribution is 6.30. The van der Waals surface area contributed by atoms with Crippen molar-refractivity contribution in [3.63, 3.8) is 0 Å². The highest BCUT2D eigenvalue weighted by Crippen LogP contribution is 2.23. The molecule has 2 aromatic rings. The molecule has 0 atom stereocenters. The highest BCUT2D eigenvalue weighted by Gasteiger charge is 2.24. The van der Waals surface area contributed by atoms with Crippen LogP contribution in [0.25, 0.3) is 11.3 Å². The molecule has 0 spiro atoms. The van der Waals surface area contributed by atoms with E-state index in [0.29, 0.717) is 42.7 Å². The lowest BCUT2D eigenvalue weighted by Crippen LogP contribution is -2.41. The predicted molar refractivity (Wildman–Crippen MR) is 73.6 cm³/mol. The molecule has 1 saturated heterocycles. The van der Waals surface area contributed by atoms with Crippen molar-refractivity contribution in [1.29, 1.82) is 0 Å². The van der Waals surface area contributed by atoms with Gasteiger partial charge in [-0.2, -0.15) is 15.4 Å². The van der Waals surface area contributed by atoms with Crippen LogP contribution in [-0.4, -0.2) is 52.5 Å². The number of halogens is 1. The first-order valence-electron chi connectivity index (χ1n) is 6.29. The number of morpholine rings is 1. The largest absolute Gasteiger partial charge is 0.378 e. The zero-order chi connectivity index (χ0) is 13.9. The summed E-state index contributed by atoms with van der Waals surface area (Å²) in [5.41, 5.74) is 1.60. The Bertz CT molecular complexity index is 622. The molecule has 1 amide bonds. The van der Waals surface area contributed by atoms with E-state index in [9.17, 15) is 4.79 Å². The Hall–Kier alpha value is -1.92. The van der Waals surface area contributed by atoms with Crippen LogP contribution < -0.4 is 0 Å². The standard InChI is InChI=1S/C13H13ClN4O2/c14-10-3-1-2-9(8-10)11-12(16-17-15-11)13(19)18-4-6-20-7-5-18/h1-3,8H,4-7H2,(H,15,16,17). The quantitative estimate of drug-likeness (QED) is 0.912. The Balaban J connectivity index is 1.91. The third-order valence-electron chi connectivity index (χ3n) is 3.15. The van der Waals surface area contributed by atoms with Gasteiger partial charge in [0.2, 0.25) is 0 Å². The van der Waals surface area contributed by atoms with E-state index < -0.39 is 0 Å². The van der Waals surface area contributed by atoms with Crippen LogP contribution in [0.4, 0.5) is 0 Å². The van der Waals surface area contributed by atoms with E-state index in [2.05, 4.69) is 15.4 Å². The van der Waals surface area contributed by atoms with Gasteiger partial charge in [0, 0.05) is 23.7 Å². The second-order valence-corrected chi connectivity index (χ2v) is 4.87. The summed E-state index contributed by atoms with van der Waals surface area (Å²) >= 11 is 5.97. The van der Waals surface area contributed by atoms with Crippen LogP contribution in [0.15, 0.2) is 24.3 Å². The molecule has 7 heteroatoms. The minimum atomic E-state index is -0.142. The summed E-state index contributed by atoms with van der Waals surface area (Å²) in [4.78, 5) is 14.2. The van der Waals surface area contributed by atoms with Crippen LogP contribution in [-0.2, 0) is 4.74 Å². The first-order valence-corrected chi connectivity index (χ1v) is 6.67. The Morgan fingerprint density at radius 1 is 1.30 bits per heavy atom. The molecule has 1 aliphatic heterocycles. The topological polar surface area (TPSA) is 71.1 Å². The van der Waals surface area contributed by atoms with Crippen LogP contribution in [0, 0.1) is 0 Å². The summed E-state index contributed by atoms with van der Waals surface area (Å²) in [6.45, 7) is 2.24. The van der Waals surface area contributed by atoms with Crippen molar-refractivity contribution in [1.82, 2.24) is 20.3 Å². The molecule has 1 aliphatic rings. The van der Waals surface area contributed by atoms with Gasteiger partial charge in [-0.15, -0.1) is 0 Å². The molecule has 1 N–H and O–H groups in total. The molecule has 2 heterocycles. The van der Waals surface area contributed by atoms with E-state index >= 15 is 0 Å². The second-order valence-electron chi connectivity index (χ2n) is 4.44. The average Bonchev–Trinajstić information content (AvgIpc) is 2.97. The van der Waals surface area contributed by atoms with E-state index in [1.54, 1.807) is 17.0 Å². The zero-order valence-electron chi connectivity index (χ0n) is 10.7. The molecule has 104 valence electrons. The Morgan fingerprint density at radius 3 is 2.85 bits per heavy atom. The van der Waals surface area contributed by atoms with Gasteiger partial charge in [-0.05, 0) is 12.1 Å². The summed E-state index contributed by atoms with van der Waals surface area (Å²) in [6.07, 6.45) is 0. The second kappa shape index (κ2) is 5.60. The maximum absolute atomic E-state index is 12.5. The maximum Gasteiger partial charge on any atom is 0.276 e. The number of H-pyrrole nitrogens is 1. The van der Waals surface area contributed by atoms with Crippen LogP contribution in [0.3, 0.4) is 0 Å². The number of nitrogens with one attached hydrogen (secondary N) is 1. The fourth-order valence-corrected chi connectivity index (χ4v) is 2.32. The average molecular weight is 293 g/mol. The monoisotopic (exact) mass is 292 g/mol. The smallest absolute Gasteiger partial charge is 0.276 e. The SMILES string of the molecule is O=C(c1n[nH]nc1-c1cccc(Cl)c1)N1CCOCC1. The number of hydrogen-bond acceptors (Lipinski definition) is 4. The van der Waals surface area contributed by atoms with E-state index in [1.165, 1.54) is 0 Å². The minimum absolute atomic E-state index is 0.142. The molecular weight excluding hydrogens is 280 g/mol. The first-order chi connectivity index (χ1) is 9.75. The van der Waals surface area contributed by atoms with Crippen LogP contribution in [0.5, 0.6) is 0 Å². The van der Waals surface area contributed by atoms with Crippen LogP contribution >= 0.6 is 11.6 Å². The fraction of sp³-hybridized carbons (Fsp3) is 0.308. The molecule has 0 aliphatic carbocycles. The van der Waals surface area contributed by atoms with Gasteiger partial charge in [0.05, 0.1) is 13.2 Å². The molecular formula is C13H13ClN4O2. The molecule has 3 rings (SSSR count). The van der Waals surface area contributed by atoms with Gasteiger partial charge in [-0.3, -0.25) is 4.79 Å². The summed E-state index contributed by atoms with van der Waals surface area (Å²) in [5.74, 6) is -0.142. The van der Waals surface area contributed by atoms with E-state index in [0.717, 1.165) is 5.56 Å². The van der Waals surface area contributed by atoms with Gasteiger partial charge in [0.25, 0.3) is 5.91 Å². The van der Waals surface area contributed by atoms with Gasteiger partial charge in [-0.25, -0.2) is 0 Å². The van der Waals surface area contributed by atoms with Crippen LogP contribution in [0.1, 0.15) is 10.5 Å². The van der Waals surface area contributed by atoms with Gasteiger partial charge in [0.15, 0.2) is 5.69 Å². The summed E-state index contributed by atoms with van der Waals surface area (Å²) in [6, 6.07) is 7.19. The lowest BCUT2D eigenvalue weighted by Gasteiger charge is -2.26. The van der Waals surface area contributed by atoms with E-state index in [-0.39, 0.29) is 5.91 Å². The number of hydrogen-bond donors (Lipinski definition) is 1. The molecule has 0 unspecified atom stereocenters. The maximum atomic E-state index is 12.5. The predicted octanol–water partition coefficient (Wildman–Crippen LogP) is 1.60. The summed E-state index contributed by atoms with van der Waals surface area (Å²) < 4.78 is 5.24. The number of aromatic nitrogens is 3. The molecule has 0 radical (unpaired) electrons. The lowest BCUT2D eigenvalue weighted by molar-refractivity contribution is 0.0299. The number of nitrogens with zero attached hydrogens (tertiary/aromatic N) is 3. The number of ether oxygens (including phenoxy) is 1. The Labute approximate surface area is 120 Å². The van der Waals surface area contributed by atoms with Gasteiger partial charge in [-0.1, -0.05) is 23.7 Å². The fourth-order valence-electron chi connectivity index (χ4n) is 2.13. The molecule has 20 heavy (non-hydrogen) atoms. The van der Waals surface area contributed by atoms with Crippen LogP contribution in [0.2, 0.25) is 5.02 Å². The number of amides is 1. The van der Waals surface area contributed by atoms with Crippen molar-refractivity contribution in [2.45, 2.75) is 0 Å². The molecule has 1 aromatic carbocycles. The van der Waals surface area contributed by atoms with Crippen molar-refractivity contribution in [2.75, 3.05) is 26.3 Å². The number of benzene rings is 1. The molecule has 0 bridgehead atoms. The molecule has 1 aromatic heterocycles. The summed E-state index contributed by atoms with van der Waals surface area (Å²) in [5, 5.41) is 11.2. The van der Waals surface area contributed by atoms with Crippen molar-refractivity contribution in [3.8, 4) is 11.3 Å². The normalized spacial score (nSPS) is 15.3. The van der Waals surface area contributed by atoms with Gasteiger partial charge >= 0.3 is 0 Å². The minimum Gasteiger partial charge on any atom is -0.378 e. The van der Waals surface area contributed by atoms with E-state index in [4.69, 9.17) is 16.3 Å². The lowest BCUT2D eigenvalue weighted by atomic mass is 10.1. The third-order valence-corrected chi connectivity index (χ3v) is 3.38. The molecule has 0 saturated carbocycles. The number of aromatic amines is 1. The Morgan fingerprint density at radius 2 is 2.10 bits per heavy atom. The highest BCUT2D eigenvalue weighted by atomic mass is 35.5. The van der Waals surface area contributed by atoms with Crippen molar-refractivity contribution < 1.29 is 9.53 Å². The van der Waals surface area contributed by atoms with Crippen molar-refractivity contribution in [2.24, 2.45) is 0 Å². The first kappa shape index (κ1) is 13.1. The van der Waals surface area contributed by atoms with Crippen molar-refractivity contribution >= 4 is 17.5 Å².